The lowest BCUT2D eigenvalue weighted by atomic mass is 10.2. The molecule has 0 atom stereocenters. The van der Waals surface area contributed by atoms with Crippen molar-refractivity contribution in [1.29, 1.82) is 0 Å². The first-order chi connectivity index (χ1) is 8.95. The fourth-order valence-electron chi connectivity index (χ4n) is 1.53. The highest BCUT2D eigenvalue weighted by atomic mass is 35.5. The van der Waals surface area contributed by atoms with Crippen LogP contribution in [0.15, 0.2) is 36.4 Å². The van der Waals surface area contributed by atoms with Gasteiger partial charge in [-0.15, -0.1) is 0 Å². The van der Waals surface area contributed by atoms with Gasteiger partial charge in [0.05, 0.1) is 5.02 Å². The van der Waals surface area contributed by atoms with Crippen LogP contribution in [-0.4, -0.2) is 11.0 Å². The number of rotatable bonds is 2. The lowest BCUT2D eigenvalue weighted by molar-refractivity contribution is 0.102. The summed E-state index contributed by atoms with van der Waals surface area (Å²) in [6, 6.07) is 8.95. The van der Waals surface area contributed by atoms with E-state index in [4.69, 9.17) is 28.9 Å². The standard InChI is InChI=1S/C13H10Cl2N2O2/c14-8-3-7(4-9(16)5-8)13(19)17-10-1-2-12(18)11(15)6-10/h1-6,18H,16H2,(H,17,19). The maximum absolute atomic E-state index is 12.0. The highest BCUT2D eigenvalue weighted by molar-refractivity contribution is 6.32. The molecule has 1 amide bonds. The second kappa shape index (κ2) is 5.38. The zero-order valence-electron chi connectivity index (χ0n) is 9.65. The van der Waals surface area contributed by atoms with E-state index in [9.17, 15) is 9.90 Å². The first-order valence-electron chi connectivity index (χ1n) is 5.31. The molecule has 0 radical (unpaired) electrons. The quantitative estimate of drug-likeness (QED) is 0.586. The Morgan fingerprint density at radius 1 is 1.16 bits per heavy atom. The highest BCUT2D eigenvalue weighted by Gasteiger charge is 2.09. The Bertz CT molecular complexity index is 624. The van der Waals surface area contributed by atoms with Gasteiger partial charge in [0.2, 0.25) is 0 Å². The largest absolute Gasteiger partial charge is 0.506 e. The van der Waals surface area contributed by atoms with Gasteiger partial charge in [-0.05, 0) is 36.4 Å². The number of carbonyl (C=O) groups is 1. The van der Waals surface area contributed by atoms with E-state index in [2.05, 4.69) is 5.32 Å². The predicted octanol–water partition coefficient (Wildman–Crippen LogP) is 3.53. The summed E-state index contributed by atoms with van der Waals surface area (Å²) in [4.78, 5) is 12.0. The molecule has 0 unspecified atom stereocenters. The van der Waals surface area contributed by atoms with Crippen molar-refractivity contribution >= 4 is 40.5 Å². The van der Waals surface area contributed by atoms with Crippen LogP contribution in [0, 0.1) is 0 Å². The Balaban J connectivity index is 2.22. The Kier molecular flexibility index (Phi) is 3.83. The molecular formula is C13H10Cl2N2O2. The number of carbonyl (C=O) groups excluding carboxylic acids is 1. The average Bonchev–Trinajstić information content (AvgIpc) is 2.32. The van der Waals surface area contributed by atoms with Crippen LogP contribution in [0.5, 0.6) is 5.75 Å². The SMILES string of the molecule is Nc1cc(Cl)cc(C(=O)Nc2ccc(O)c(Cl)c2)c1. The van der Waals surface area contributed by atoms with Crippen LogP contribution in [0.2, 0.25) is 10.0 Å². The molecule has 0 spiro atoms. The van der Waals surface area contributed by atoms with Crippen LogP contribution in [0.1, 0.15) is 10.4 Å². The van der Waals surface area contributed by atoms with Crippen LogP contribution in [0.3, 0.4) is 0 Å². The van der Waals surface area contributed by atoms with E-state index in [1.807, 2.05) is 0 Å². The molecule has 0 heterocycles. The van der Waals surface area contributed by atoms with E-state index in [1.54, 1.807) is 6.07 Å². The molecule has 0 aliphatic heterocycles. The summed E-state index contributed by atoms with van der Waals surface area (Å²) in [5.41, 5.74) is 6.83. The number of aromatic hydroxyl groups is 1. The number of phenolic OH excluding ortho intramolecular Hbond substituents is 1. The normalized spacial score (nSPS) is 10.2. The Morgan fingerprint density at radius 2 is 1.89 bits per heavy atom. The number of halogens is 2. The molecule has 2 aromatic rings. The second-order valence-electron chi connectivity index (χ2n) is 3.89. The van der Waals surface area contributed by atoms with Gasteiger partial charge in [-0.2, -0.15) is 0 Å². The van der Waals surface area contributed by atoms with Crippen molar-refractivity contribution in [2.45, 2.75) is 0 Å². The molecule has 0 saturated carbocycles. The summed E-state index contributed by atoms with van der Waals surface area (Å²) in [5.74, 6) is -0.414. The predicted molar refractivity (Wildman–Crippen MR) is 76.9 cm³/mol. The van der Waals surface area contributed by atoms with E-state index in [0.29, 0.717) is 22.0 Å². The number of hydrogen-bond donors (Lipinski definition) is 3. The fourth-order valence-corrected chi connectivity index (χ4v) is 1.96. The minimum Gasteiger partial charge on any atom is -0.506 e. The van der Waals surface area contributed by atoms with Crippen molar-refractivity contribution in [3.8, 4) is 5.75 Å². The van der Waals surface area contributed by atoms with Crippen LogP contribution < -0.4 is 11.1 Å². The van der Waals surface area contributed by atoms with Gasteiger partial charge in [-0.3, -0.25) is 4.79 Å². The Hall–Kier alpha value is -1.91. The number of nitrogens with two attached hydrogens (primary N) is 1. The lowest BCUT2D eigenvalue weighted by Gasteiger charge is -2.07. The van der Waals surface area contributed by atoms with Crippen LogP contribution in [0.4, 0.5) is 11.4 Å². The van der Waals surface area contributed by atoms with Gasteiger partial charge in [0.15, 0.2) is 0 Å². The van der Waals surface area contributed by atoms with Crippen molar-refractivity contribution in [2.75, 3.05) is 11.1 Å². The minimum atomic E-state index is -0.365. The molecule has 4 nitrogen and oxygen atoms in total. The molecule has 2 rings (SSSR count). The molecule has 0 aliphatic rings. The maximum atomic E-state index is 12.0. The summed E-state index contributed by atoms with van der Waals surface area (Å²) in [5, 5.41) is 12.5. The van der Waals surface area contributed by atoms with Crippen molar-refractivity contribution < 1.29 is 9.90 Å². The van der Waals surface area contributed by atoms with Crippen LogP contribution in [-0.2, 0) is 0 Å². The molecule has 0 bridgehead atoms. The van der Waals surface area contributed by atoms with Crippen LogP contribution >= 0.6 is 23.2 Å². The van der Waals surface area contributed by atoms with Crippen molar-refractivity contribution in [3.63, 3.8) is 0 Å². The third-order valence-electron chi connectivity index (χ3n) is 2.39. The third-order valence-corrected chi connectivity index (χ3v) is 2.91. The summed E-state index contributed by atoms with van der Waals surface area (Å²) in [7, 11) is 0. The molecule has 98 valence electrons. The Morgan fingerprint density at radius 3 is 2.53 bits per heavy atom. The summed E-state index contributed by atoms with van der Waals surface area (Å²) >= 11 is 11.6. The minimum absolute atomic E-state index is 0.0494. The molecular weight excluding hydrogens is 287 g/mol. The smallest absolute Gasteiger partial charge is 0.255 e. The van der Waals surface area contributed by atoms with Gasteiger partial charge < -0.3 is 16.2 Å². The topological polar surface area (TPSA) is 75.4 Å². The van der Waals surface area contributed by atoms with Gasteiger partial charge in [0.25, 0.3) is 5.91 Å². The van der Waals surface area contributed by atoms with Crippen molar-refractivity contribution in [3.05, 3.63) is 52.0 Å². The van der Waals surface area contributed by atoms with Gasteiger partial charge in [0, 0.05) is 22.0 Å². The summed E-state index contributed by atoms with van der Waals surface area (Å²) in [6.45, 7) is 0. The number of anilines is 2. The van der Waals surface area contributed by atoms with E-state index >= 15 is 0 Å². The molecule has 0 fully saturated rings. The number of hydrogen-bond acceptors (Lipinski definition) is 3. The first kappa shape index (κ1) is 13.5. The molecule has 6 heteroatoms. The third kappa shape index (κ3) is 3.30. The fraction of sp³-hybridized carbons (Fsp3) is 0. The molecule has 0 aromatic heterocycles. The van der Waals surface area contributed by atoms with Gasteiger partial charge >= 0.3 is 0 Å². The molecule has 2 aromatic carbocycles. The molecule has 0 saturated heterocycles. The number of nitrogens with one attached hydrogen (secondary N) is 1. The van der Waals surface area contributed by atoms with E-state index in [-0.39, 0.29) is 16.7 Å². The average molecular weight is 297 g/mol. The van der Waals surface area contributed by atoms with E-state index in [1.165, 1.54) is 30.3 Å². The summed E-state index contributed by atoms with van der Waals surface area (Å²) in [6.07, 6.45) is 0. The van der Waals surface area contributed by atoms with Crippen molar-refractivity contribution in [1.82, 2.24) is 0 Å². The number of benzene rings is 2. The number of nitrogen functional groups attached to an aromatic ring is 1. The zero-order valence-corrected chi connectivity index (χ0v) is 11.2. The maximum Gasteiger partial charge on any atom is 0.255 e. The van der Waals surface area contributed by atoms with E-state index in [0.717, 1.165) is 0 Å². The Labute approximate surface area is 119 Å². The van der Waals surface area contributed by atoms with Crippen molar-refractivity contribution in [2.24, 2.45) is 0 Å². The van der Waals surface area contributed by atoms with Gasteiger partial charge in [-0.25, -0.2) is 0 Å². The lowest BCUT2D eigenvalue weighted by Crippen LogP contribution is -2.12. The van der Waals surface area contributed by atoms with E-state index < -0.39 is 0 Å². The molecule has 19 heavy (non-hydrogen) atoms. The van der Waals surface area contributed by atoms with Crippen LogP contribution in [0.25, 0.3) is 0 Å². The summed E-state index contributed by atoms with van der Waals surface area (Å²) < 4.78 is 0. The second-order valence-corrected chi connectivity index (χ2v) is 4.74. The zero-order chi connectivity index (χ0) is 14.0. The first-order valence-corrected chi connectivity index (χ1v) is 6.07. The molecule has 4 N–H and O–H groups in total. The molecule has 0 aliphatic carbocycles. The number of amides is 1. The highest BCUT2D eigenvalue weighted by Crippen LogP contribution is 2.26. The van der Waals surface area contributed by atoms with Gasteiger partial charge in [-0.1, -0.05) is 23.2 Å². The number of phenols is 1. The monoisotopic (exact) mass is 296 g/mol. The van der Waals surface area contributed by atoms with Gasteiger partial charge in [0.1, 0.15) is 5.75 Å².